The molecule has 1 heterocycles. The molecule has 0 spiro atoms. The molecule has 1 aromatic heterocycles. The zero-order valence-corrected chi connectivity index (χ0v) is 14.9. The van der Waals surface area contributed by atoms with Crippen LogP contribution >= 0.6 is 0 Å². The second-order valence-electron chi connectivity index (χ2n) is 5.88. The number of ether oxygens (including phenoxy) is 2. The molecule has 3 aromatic rings. The lowest BCUT2D eigenvalue weighted by molar-refractivity contribution is -0.141. The van der Waals surface area contributed by atoms with Crippen molar-refractivity contribution in [1.29, 1.82) is 0 Å². The monoisotopic (exact) mass is 352 g/mol. The minimum atomic E-state index is -0.514. The zero-order chi connectivity index (χ0) is 18.7. The maximum Gasteiger partial charge on any atom is 0.330 e. The van der Waals surface area contributed by atoms with Crippen molar-refractivity contribution in [2.24, 2.45) is 0 Å². The van der Waals surface area contributed by atoms with Crippen molar-refractivity contribution in [3.63, 3.8) is 0 Å². The molecule has 0 saturated carbocycles. The van der Waals surface area contributed by atoms with E-state index in [4.69, 9.17) is 9.47 Å². The summed E-state index contributed by atoms with van der Waals surface area (Å²) in [6, 6.07) is 14.3. The second-order valence-corrected chi connectivity index (χ2v) is 5.88. The van der Waals surface area contributed by atoms with Crippen molar-refractivity contribution in [1.82, 2.24) is 4.57 Å². The fourth-order valence-electron chi connectivity index (χ4n) is 2.88. The second kappa shape index (κ2) is 7.31. The van der Waals surface area contributed by atoms with E-state index in [1.54, 1.807) is 32.4 Å². The molecule has 1 amide bonds. The smallest absolute Gasteiger partial charge is 0.330 e. The molecule has 0 aliphatic heterocycles. The first-order valence-corrected chi connectivity index (χ1v) is 8.18. The molecule has 0 aliphatic carbocycles. The Morgan fingerprint density at radius 2 is 1.81 bits per heavy atom. The highest BCUT2D eigenvalue weighted by molar-refractivity contribution is 6.01. The van der Waals surface area contributed by atoms with Crippen LogP contribution in [-0.2, 0) is 9.53 Å². The molecule has 0 aliphatic rings. The molecular formula is C20H20N2O4. The molecule has 2 aromatic carbocycles. The summed E-state index contributed by atoms with van der Waals surface area (Å²) in [6.07, 6.45) is 1.67. The highest BCUT2D eigenvalue weighted by Crippen LogP contribution is 2.31. The molecule has 0 fully saturated rings. The zero-order valence-electron chi connectivity index (χ0n) is 14.9. The van der Waals surface area contributed by atoms with Crippen molar-refractivity contribution in [3.05, 3.63) is 60.3 Å². The van der Waals surface area contributed by atoms with Gasteiger partial charge in [-0.15, -0.1) is 0 Å². The number of benzene rings is 2. The van der Waals surface area contributed by atoms with Gasteiger partial charge in [0.05, 0.1) is 25.7 Å². The molecule has 6 nitrogen and oxygen atoms in total. The Labute approximate surface area is 151 Å². The average molecular weight is 352 g/mol. The highest BCUT2D eigenvalue weighted by atomic mass is 16.5. The number of carbonyl (C=O) groups is 2. The van der Waals surface area contributed by atoms with Crippen LogP contribution in [0.3, 0.4) is 0 Å². The number of fused-ring (bicyclic) bond motifs is 1. The van der Waals surface area contributed by atoms with E-state index in [9.17, 15) is 9.59 Å². The number of nitrogens with one attached hydrogen (secondary N) is 1. The van der Waals surface area contributed by atoms with Crippen molar-refractivity contribution < 1.29 is 19.1 Å². The third-order valence-corrected chi connectivity index (χ3v) is 4.31. The van der Waals surface area contributed by atoms with Crippen molar-refractivity contribution in [2.75, 3.05) is 19.5 Å². The Kier molecular flexibility index (Phi) is 4.93. The fraction of sp³-hybridized carbons (Fsp3) is 0.200. The van der Waals surface area contributed by atoms with Gasteiger partial charge in [0.1, 0.15) is 5.75 Å². The van der Waals surface area contributed by atoms with E-state index in [0.29, 0.717) is 22.5 Å². The lowest BCUT2D eigenvalue weighted by Crippen LogP contribution is -2.18. The van der Waals surface area contributed by atoms with Gasteiger partial charge in [0.15, 0.2) is 0 Å². The van der Waals surface area contributed by atoms with Crippen LogP contribution in [0.2, 0.25) is 0 Å². The number of para-hydroxylation sites is 1. The van der Waals surface area contributed by atoms with Gasteiger partial charge >= 0.3 is 12.0 Å². The number of amides is 1. The van der Waals surface area contributed by atoms with Crippen LogP contribution in [0, 0.1) is 0 Å². The molecule has 0 radical (unpaired) electrons. The third-order valence-electron chi connectivity index (χ3n) is 4.31. The van der Waals surface area contributed by atoms with Crippen molar-refractivity contribution in [2.45, 2.75) is 12.8 Å². The summed E-state index contributed by atoms with van der Waals surface area (Å²) in [4.78, 5) is 24.8. The largest absolute Gasteiger partial charge is 0.497 e. The van der Waals surface area contributed by atoms with Crippen LogP contribution < -0.4 is 10.1 Å². The van der Waals surface area contributed by atoms with Gasteiger partial charge in [0.25, 0.3) is 0 Å². The van der Waals surface area contributed by atoms with Crippen LogP contribution in [0.5, 0.6) is 5.75 Å². The predicted octanol–water partition coefficient (Wildman–Crippen LogP) is 4.01. The van der Waals surface area contributed by atoms with Gasteiger partial charge in [0, 0.05) is 17.3 Å². The van der Waals surface area contributed by atoms with Crippen LogP contribution in [0.4, 0.5) is 10.5 Å². The molecule has 0 saturated heterocycles. The Bertz CT molecular complexity index is 947. The van der Waals surface area contributed by atoms with E-state index in [1.807, 2.05) is 36.4 Å². The molecule has 0 bridgehead atoms. The summed E-state index contributed by atoms with van der Waals surface area (Å²) in [7, 11) is 2.92. The minimum Gasteiger partial charge on any atom is -0.497 e. The van der Waals surface area contributed by atoms with Crippen LogP contribution in [0.15, 0.2) is 54.7 Å². The number of hydrogen-bond acceptors (Lipinski definition) is 4. The Morgan fingerprint density at radius 1 is 1.08 bits per heavy atom. The number of rotatable bonds is 4. The van der Waals surface area contributed by atoms with Gasteiger partial charge in [-0.25, -0.2) is 4.79 Å². The number of aromatic nitrogens is 1. The topological polar surface area (TPSA) is 69.6 Å². The Balaban J connectivity index is 2.07. The molecule has 1 N–H and O–H groups in total. The lowest BCUT2D eigenvalue weighted by atomic mass is 10.0. The summed E-state index contributed by atoms with van der Waals surface area (Å²) in [5, 5.41) is 3.62. The van der Waals surface area contributed by atoms with Crippen molar-refractivity contribution in [3.8, 4) is 5.75 Å². The van der Waals surface area contributed by atoms with E-state index >= 15 is 0 Å². The van der Waals surface area contributed by atoms with E-state index in [0.717, 1.165) is 5.39 Å². The maximum atomic E-state index is 12.8. The lowest BCUT2D eigenvalue weighted by Gasteiger charge is -2.08. The fourth-order valence-corrected chi connectivity index (χ4v) is 2.88. The van der Waals surface area contributed by atoms with Gasteiger partial charge in [-0.05, 0) is 42.8 Å². The summed E-state index contributed by atoms with van der Waals surface area (Å²) < 4.78 is 11.6. The number of anilines is 1. The summed E-state index contributed by atoms with van der Waals surface area (Å²) in [6.45, 7) is 1.75. The van der Waals surface area contributed by atoms with Gasteiger partial charge in [0.2, 0.25) is 0 Å². The molecule has 134 valence electrons. The number of esters is 1. The first-order chi connectivity index (χ1) is 12.5. The van der Waals surface area contributed by atoms with Crippen molar-refractivity contribution >= 4 is 28.6 Å². The third kappa shape index (κ3) is 3.26. The first kappa shape index (κ1) is 17.5. The van der Waals surface area contributed by atoms with E-state index in [2.05, 4.69) is 5.32 Å². The van der Waals surface area contributed by atoms with Crippen LogP contribution in [0.25, 0.3) is 10.9 Å². The molecular weight excluding hydrogens is 332 g/mol. The molecule has 1 atom stereocenters. The van der Waals surface area contributed by atoms with Crippen LogP contribution in [-0.4, -0.2) is 30.8 Å². The Morgan fingerprint density at radius 3 is 2.46 bits per heavy atom. The minimum absolute atomic E-state index is 0.310. The van der Waals surface area contributed by atoms with Gasteiger partial charge in [-0.2, -0.15) is 0 Å². The van der Waals surface area contributed by atoms with E-state index < -0.39 is 5.92 Å². The molecule has 3 rings (SSSR count). The number of methoxy groups -OCH3 is 2. The number of nitrogens with zero attached hydrogens (tertiary/aromatic N) is 1. The van der Waals surface area contributed by atoms with Crippen LogP contribution in [0.1, 0.15) is 18.4 Å². The Hall–Kier alpha value is -3.28. The summed E-state index contributed by atoms with van der Waals surface area (Å²) >= 11 is 0. The quantitative estimate of drug-likeness (QED) is 0.721. The average Bonchev–Trinajstić information content (AvgIpc) is 3.06. The number of carbonyl (C=O) groups excluding carboxylic acids is 2. The van der Waals surface area contributed by atoms with Gasteiger partial charge in [-0.3, -0.25) is 9.36 Å². The van der Waals surface area contributed by atoms with E-state index in [-0.39, 0.29) is 12.0 Å². The van der Waals surface area contributed by atoms with E-state index in [1.165, 1.54) is 11.7 Å². The molecule has 6 heteroatoms. The summed E-state index contributed by atoms with van der Waals surface area (Å²) in [5.74, 6) is -0.229. The maximum absolute atomic E-state index is 12.8. The number of hydrogen-bond donors (Lipinski definition) is 1. The molecule has 26 heavy (non-hydrogen) atoms. The standard InChI is InChI=1S/C20H20N2O4/c1-13(19(23)26-3)17-12-22(18-10-9-15(25-2)11-16(17)18)20(24)21-14-7-5-4-6-8-14/h4-13H,1-3H3,(H,21,24). The first-order valence-electron chi connectivity index (χ1n) is 8.18. The van der Waals surface area contributed by atoms with Gasteiger partial charge in [-0.1, -0.05) is 18.2 Å². The van der Waals surface area contributed by atoms with Gasteiger partial charge < -0.3 is 14.8 Å². The molecule has 1 unspecified atom stereocenters. The summed E-state index contributed by atoms with van der Waals surface area (Å²) in [5.41, 5.74) is 2.08. The SMILES string of the molecule is COC(=O)C(C)c1cn(C(=O)Nc2ccccc2)c2ccc(OC)cc12. The normalized spacial score (nSPS) is 11.8. The highest BCUT2D eigenvalue weighted by Gasteiger charge is 2.23. The predicted molar refractivity (Wildman–Crippen MR) is 99.8 cm³/mol.